The molecule has 1 fully saturated rings. The minimum Gasteiger partial charge on any atom is -0.390 e. The molecular weight excluding hydrogens is 476 g/mol. The summed E-state index contributed by atoms with van der Waals surface area (Å²) in [5.74, 6) is 0.126. The number of aliphatic hydroxyl groups is 1. The largest absolute Gasteiger partial charge is 0.490 e. The lowest BCUT2D eigenvalue weighted by Gasteiger charge is -2.19. The Morgan fingerprint density at radius 2 is 1.83 bits per heavy atom. The van der Waals surface area contributed by atoms with Crippen LogP contribution in [-0.4, -0.2) is 63.0 Å². The normalized spacial score (nSPS) is 26.5. The molecule has 20 heteroatoms. The monoisotopic (exact) mass is 492 g/mol. The summed E-state index contributed by atoms with van der Waals surface area (Å²) in [4.78, 5) is 47.4. The van der Waals surface area contributed by atoms with Crippen LogP contribution in [0.25, 0.3) is 11.2 Å². The molecule has 1 saturated heterocycles. The Labute approximate surface area is 166 Å². The van der Waals surface area contributed by atoms with Gasteiger partial charge in [0, 0.05) is 6.42 Å². The van der Waals surface area contributed by atoms with Gasteiger partial charge in [-0.15, -0.1) is 0 Å². The molecule has 0 aliphatic carbocycles. The molecule has 0 spiro atoms. The number of hydrogen-bond donors (Lipinski definition) is 6. The summed E-state index contributed by atoms with van der Waals surface area (Å²) in [5, 5.41) is 10.1. The number of phosphoric acid groups is 3. The van der Waals surface area contributed by atoms with Crippen molar-refractivity contribution in [1.29, 1.82) is 0 Å². The summed E-state index contributed by atoms with van der Waals surface area (Å²) < 4.78 is 52.3. The maximum Gasteiger partial charge on any atom is 0.490 e. The highest BCUT2D eigenvalue weighted by Crippen LogP contribution is 2.66. The van der Waals surface area contributed by atoms with Crippen LogP contribution >= 0.6 is 23.5 Å². The van der Waals surface area contributed by atoms with Gasteiger partial charge in [-0.3, -0.25) is 9.09 Å². The first kappa shape index (κ1) is 23.3. The van der Waals surface area contributed by atoms with Crippen LogP contribution in [-0.2, 0) is 31.6 Å². The summed E-state index contributed by atoms with van der Waals surface area (Å²) >= 11 is 0. The number of phosphoric ester groups is 1. The molecule has 168 valence electrons. The van der Waals surface area contributed by atoms with E-state index >= 15 is 0 Å². The molecule has 7 N–H and O–H groups in total. The number of aliphatic hydroxyl groups excluding tert-OH is 1. The molecule has 1 aliphatic heterocycles. The van der Waals surface area contributed by atoms with E-state index in [9.17, 15) is 23.7 Å². The van der Waals surface area contributed by atoms with Crippen molar-refractivity contribution < 1.29 is 56.3 Å². The van der Waals surface area contributed by atoms with Crippen LogP contribution in [0.4, 0.5) is 5.82 Å². The standard InChI is InChI=1S/C10H16N5O12P3/c11-9-8-10(13-3-12-9)15(4-14-8)7-1-5(16)6(25-7)2-24-29(20,21)27-30(22,23)26-28(17,18)19/h3-7,16H,1-2H2,(H,20,21)(H,22,23)(H2,11,12,13)(H2,17,18,19)/t5-,6+,7+/m0/s1/i29+1. The number of imidazole rings is 1. The van der Waals surface area contributed by atoms with Gasteiger partial charge in [-0.05, 0) is 0 Å². The molecule has 2 aromatic heterocycles. The lowest BCUT2D eigenvalue weighted by atomic mass is 10.2. The average Bonchev–Trinajstić information content (AvgIpc) is 3.14. The number of hydrogen-bond acceptors (Lipinski definition) is 12. The second-order valence-corrected chi connectivity index (χ2v) is 10.3. The average molecular weight is 492 g/mol. The minimum atomic E-state index is -5.64. The van der Waals surface area contributed by atoms with Crippen LogP contribution in [0.3, 0.4) is 0 Å². The van der Waals surface area contributed by atoms with Gasteiger partial charge in [0.05, 0.1) is 19.0 Å². The number of nitrogens with zero attached hydrogens (tertiary/aromatic N) is 4. The number of nitrogen functional groups attached to an aromatic ring is 1. The highest BCUT2D eigenvalue weighted by atomic mass is 32.2. The summed E-state index contributed by atoms with van der Waals surface area (Å²) in [5.41, 5.74) is 6.31. The zero-order valence-electron chi connectivity index (χ0n) is 14.6. The van der Waals surface area contributed by atoms with E-state index in [0.29, 0.717) is 11.2 Å². The van der Waals surface area contributed by atoms with Crippen molar-refractivity contribution in [2.24, 2.45) is 0 Å². The van der Waals surface area contributed by atoms with E-state index in [1.54, 1.807) is 0 Å². The molecule has 1 aliphatic rings. The van der Waals surface area contributed by atoms with Crippen LogP contribution < -0.4 is 5.73 Å². The first-order valence-electron chi connectivity index (χ1n) is 7.81. The first-order valence-corrected chi connectivity index (χ1v) is 12.3. The highest BCUT2D eigenvalue weighted by Gasteiger charge is 2.43. The Morgan fingerprint density at radius 1 is 1.13 bits per heavy atom. The van der Waals surface area contributed by atoms with E-state index in [-0.39, 0.29) is 12.2 Å². The molecule has 2 unspecified atom stereocenters. The molecule has 0 bridgehead atoms. The van der Waals surface area contributed by atoms with E-state index in [4.69, 9.17) is 25.2 Å². The van der Waals surface area contributed by atoms with Crippen molar-refractivity contribution in [3.05, 3.63) is 12.7 Å². The van der Waals surface area contributed by atoms with Crippen molar-refractivity contribution >= 4 is 40.4 Å². The van der Waals surface area contributed by atoms with Gasteiger partial charge in [-0.25, -0.2) is 28.6 Å². The molecular formula is C10H16N5O12P3. The molecule has 17 nitrogen and oxygen atoms in total. The lowest BCUT2D eigenvalue weighted by Crippen LogP contribution is -2.26. The molecule has 2 aromatic rings. The second kappa shape index (κ2) is 8.31. The quantitative estimate of drug-likeness (QED) is 0.251. The van der Waals surface area contributed by atoms with Crippen molar-refractivity contribution in [3.8, 4) is 0 Å². The second-order valence-electron chi connectivity index (χ2n) is 5.90. The van der Waals surface area contributed by atoms with Crippen LogP contribution in [0, 0.1) is 0 Å². The van der Waals surface area contributed by atoms with Gasteiger partial charge in [0.2, 0.25) is 0 Å². The van der Waals surface area contributed by atoms with E-state index in [1.807, 2.05) is 0 Å². The zero-order chi connectivity index (χ0) is 22.3. The molecule has 0 amide bonds. The molecule has 0 aromatic carbocycles. The number of rotatable bonds is 8. The highest BCUT2D eigenvalue weighted by molar-refractivity contribution is 7.66. The Kier molecular flexibility index (Phi) is 6.47. The Bertz CT molecular complexity index is 1070. The van der Waals surface area contributed by atoms with Crippen LogP contribution in [0.1, 0.15) is 12.6 Å². The Morgan fingerprint density at radius 3 is 2.50 bits per heavy atom. The van der Waals surface area contributed by atoms with Crippen LogP contribution in [0.15, 0.2) is 12.7 Å². The number of anilines is 1. The van der Waals surface area contributed by atoms with Gasteiger partial charge in [-0.1, -0.05) is 0 Å². The molecule has 3 heterocycles. The van der Waals surface area contributed by atoms with Crippen LogP contribution in [0.5, 0.6) is 0 Å². The minimum absolute atomic E-state index is 0.000206. The molecule has 0 radical (unpaired) electrons. The SMILES string of the molecule is Nc1ncnc2c1ncn2[C@H]1C[C@H](O)[C@@H](CO[32P](=O)(O)OP(=O)(O)OP(=O)(O)O)O1. The molecule has 0 saturated carbocycles. The Hall–Kier alpha value is -1.32. The van der Waals surface area contributed by atoms with E-state index in [2.05, 4.69) is 28.1 Å². The van der Waals surface area contributed by atoms with E-state index < -0.39 is 48.5 Å². The topological polar surface area (TPSA) is 259 Å². The van der Waals surface area contributed by atoms with Gasteiger partial charge in [-0.2, -0.15) is 8.62 Å². The number of fused-ring (bicyclic) bond motifs is 1. The third-order valence-corrected chi connectivity index (χ3v) is 7.52. The fourth-order valence-corrected chi connectivity index (χ4v) is 5.62. The fourth-order valence-electron chi connectivity index (χ4n) is 2.59. The van der Waals surface area contributed by atoms with Gasteiger partial charge in [0.1, 0.15) is 24.2 Å². The number of nitrogens with two attached hydrogens (primary N) is 1. The van der Waals surface area contributed by atoms with Gasteiger partial charge in [0.15, 0.2) is 11.5 Å². The summed E-state index contributed by atoms with van der Waals surface area (Å²) in [6.07, 6.45) is -0.643. The summed E-state index contributed by atoms with van der Waals surface area (Å²) in [7, 11) is -16.5. The van der Waals surface area contributed by atoms with Crippen molar-refractivity contribution in [3.63, 3.8) is 0 Å². The van der Waals surface area contributed by atoms with Crippen LogP contribution in [0.2, 0.25) is 0 Å². The molecule has 30 heavy (non-hydrogen) atoms. The smallest absolute Gasteiger partial charge is 0.390 e. The maximum atomic E-state index is 11.8. The van der Waals surface area contributed by atoms with Crippen molar-refractivity contribution in [1.82, 2.24) is 19.5 Å². The predicted molar refractivity (Wildman–Crippen MR) is 94.1 cm³/mol. The maximum absolute atomic E-state index is 11.8. The van der Waals surface area contributed by atoms with Gasteiger partial charge >= 0.3 is 23.5 Å². The fraction of sp³-hybridized carbons (Fsp3) is 0.500. The first-order chi connectivity index (χ1) is 13.8. The van der Waals surface area contributed by atoms with E-state index in [0.717, 1.165) is 0 Å². The predicted octanol–water partition coefficient (Wildman–Crippen LogP) is -0.600. The third-order valence-electron chi connectivity index (χ3n) is 3.72. The number of ether oxygens (including phenoxy) is 1. The summed E-state index contributed by atoms with van der Waals surface area (Å²) in [6.45, 7) is -0.787. The lowest BCUT2D eigenvalue weighted by molar-refractivity contribution is -0.0423. The van der Waals surface area contributed by atoms with Gasteiger partial charge < -0.3 is 35.2 Å². The molecule has 5 atom stereocenters. The van der Waals surface area contributed by atoms with Crippen molar-refractivity contribution in [2.75, 3.05) is 12.3 Å². The van der Waals surface area contributed by atoms with Crippen molar-refractivity contribution in [2.45, 2.75) is 24.9 Å². The number of aromatic nitrogens is 4. The zero-order valence-corrected chi connectivity index (χ0v) is 17.3. The van der Waals surface area contributed by atoms with Gasteiger partial charge in [0.25, 0.3) is 0 Å². The van der Waals surface area contributed by atoms with E-state index in [1.165, 1.54) is 17.2 Å². The Balaban J connectivity index is 1.64. The molecule has 3 rings (SSSR count). The third kappa shape index (κ3) is 5.68. The summed E-state index contributed by atoms with van der Waals surface area (Å²) in [6, 6.07) is 0.